The SMILES string of the molecule is CC(NC1CCCC(C(=O)O)C1)c1nc2ccccc2[nH]1. The van der Waals surface area contributed by atoms with E-state index in [9.17, 15) is 4.79 Å². The fraction of sp³-hybridized carbons (Fsp3) is 0.500. The number of nitrogens with zero attached hydrogens (tertiary/aromatic N) is 1. The third-order valence-corrected chi connectivity index (χ3v) is 4.33. The molecule has 1 heterocycles. The molecule has 0 aliphatic heterocycles. The number of carboxylic acid groups (broad SMARTS) is 1. The number of aromatic amines is 1. The van der Waals surface area contributed by atoms with Crippen molar-refractivity contribution in [3.05, 3.63) is 30.1 Å². The summed E-state index contributed by atoms with van der Waals surface area (Å²) in [5, 5.41) is 12.7. The number of imidazole rings is 1. The molecule has 1 aliphatic rings. The van der Waals surface area contributed by atoms with E-state index < -0.39 is 5.97 Å². The molecular formula is C16H21N3O2. The lowest BCUT2D eigenvalue weighted by Gasteiger charge is -2.29. The largest absolute Gasteiger partial charge is 0.481 e. The molecule has 0 spiro atoms. The van der Waals surface area contributed by atoms with E-state index in [1.165, 1.54) is 0 Å². The molecule has 1 aliphatic carbocycles. The molecule has 1 saturated carbocycles. The fourth-order valence-electron chi connectivity index (χ4n) is 3.18. The van der Waals surface area contributed by atoms with Gasteiger partial charge in [-0.2, -0.15) is 0 Å². The standard InChI is InChI=1S/C16H21N3O2/c1-10(15-18-13-7-2-3-8-14(13)19-15)17-12-6-4-5-11(9-12)16(20)21/h2-3,7-8,10-12,17H,4-6,9H2,1H3,(H,18,19)(H,20,21). The molecular weight excluding hydrogens is 266 g/mol. The van der Waals surface area contributed by atoms with Crippen LogP contribution in [0.4, 0.5) is 0 Å². The highest BCUT2D eigenvalue weighted by Crippen LogP contribution is 2.26. The normalized spacial score (nSPS) is 24.0. The van der Waals surface area contributed by atoms with Gasteiger partial charge in [0.15, 0.2) is 0 Å². The number of para-hydroxylation sites is 2. The highest BCUT2D eigenvalue weighted by Gasteiger charge is 2.28. The number of rotatable bonds is 4. The average molecular weight is 287 g/mol. The van der Waals surface area contributed by atoms with Crippen LogP contribution in [0.25, 0.3) is 11.0 Å². The molecule has 5 nitrogen and oxygen atoms in total. The molecule has 112 valence electrons. The third kappa shape index (κ3) is 3.08. The second-order valence-electron chi connectivity index (χ2n) is 5.93. The van der Waals surface area contributed by atoms with Crippen molar-refractivity contribution in [1.82, 2.24) is 15.3 Å². The van der Waals surface area contributed by atoms with Crippen LogP contribution >= 0.6 is 0 Å². The first-order valence-electron chi connectivity index (χ1n) is 7.57. The number of benzene rings is 1. The van der Waals surface area contributed by atoms with Gasteiger partial charge in [0, 0.05) is 6.04 Å². The summed E-state index contributed by atoms with van der Waals surface area (Å²) >= 11 is 0. The maximum atomic E-state index is 11.1. The highest BCUT2D eigenvalue weighted by atomic mass is 16.4. The van der Waals surface area contributed by atoms with Gasteiger partial charge in [-0.1, -0.05) is 18.6 Å². The minimum absolute atomic E-state index is 0.0925. The number of H-pyrrole nitrogens is 1. The Labute approximate surface area is 123 Å². The van der Waals surface area contributed by atoms with E-state index in [2.05, 4.69) is 22.2 Å². The van der Waals surface area contributed by atoms with Crippen molar-refractivity contribution in [3.63, 3.8) is 0 Å². The van der Waals surface area contributed by atoms with Crippen molar-refractivity contribution in [3.8, 4) is 0 Å². The number of carbonyl (C=O) groups is 1. The van der Waals surface area contributed by atoms with E-state index in [0.29, 0.717) is 6.42 Å². The lowest BCUT2D eigenvalue weighted by atomic mass is 9.85. The Morgan fingerprint density at radius 1 is 1.43 bits per heavy atom. The van der Waals surface area contributed by atoms with E-state index >= 15 is 0 Å². The quantitative estimate of drug-likeness (QED) is 0.808. The summed E-state index contributed by atoms with van der Waals surface area (Å²) in [5.41, 5.74) is 2.00. The van der Waals surface area contributed by atoms with Crippen LogP contribution < -0.4 is 5.32 Å². The lowest BCUT2D eigenvalue weighted by Crippen LogP contribution is -2.38. The fourth-order valence-corrected chi connectivity index (χ4v) is 3.18. The number of fused-ring (bicyclic) bond motifs is 1. The Morgan fingerprint density at radius 3 is 3.00 bits per heavy atom. The van der Waals surface area contributed by atoms with E-state index in [0.717, 1.165) is 36.1 Å². The van der Waals surface area contributed by atoms with Gasteiger partial charge >= 0.3 is 5.97 Å². The second-order valence-corrected chi connectivity index (χ2v) is 5.93. The predicted molar refractivity (Wildman–Crippen MR) is 81.0 cm³/mol. The minimum Gasteiger partial charge on any atom is -0.481 e. The van der Waals surface area contributed by atoms with Crippen molar-refractivity contribution in [2.75, 3.05) is 0 Å². The van der Waals surface area contributed by atoms with Crippen molar-refractivity contribution in [1.29, 1.82) is 0 Å². The molecule has 2 aromatic rings. The van der Waals surface area contributed by atoms with Crippen LogP contribution in [-0.4, -0.2) is 27.1 Å². The van der Waals surface area contributed by atoms with Crippen LogP contribution in [0.15, 0.2) is 24.3 Å². The van der Waals surface area contributed by atoms with Crippen LogP contribution in [0.1, 0.15) is 44.5 Å². The second kappa shape index (κ2) is 5.85. The van der Waals surface area contributed by atoms with Gasteiger partial charge in [-0.15, -0.1) is 0 Å². The summed E-state index contributed by atoms with van der Waals surface area (Å²) in [4.78, 5) is 19.1. The molecule has 21 heavy (non-hydrogen) atoms. The Kier molecular flexibility index (Phi) is 3.92. The molecule has 0 saturated heterocycles. The predicted octanol–water partition coefficient (Wildman–Crippen LogP) is 2.86. The number of aromatic nitrogens is 2. The molecule has 0 radical (unpaired) electrons. The number of nitrogens with one attached hydrogen (secondary N) is 2. The number of aliphatic carboxylic acids is 1. The smallest absolute Gasteiger partial charge is 0.306 e. The average Bonchev–Trinajstić information content (AvgIpc) is 2.91. The number of hydrogen-bond acceptors (Lipinski definition) is 3. The van der Waals surface area contributed by atoms with Gasteiger partial charge in [0.1, 0.15) is 5.82 Å². The molecule has 3 rings (SSSR count). The van der Waals surface area contributed by atoms with Crippen LogP contribution in [-0.2, 0) is 4.79 Å². The highest BCUT2D eigenvalue weighted by molar-refractivity contribution is 5.74. The van der Waals surface area contributed by atoms with Gasteiger partial charge in [0.05, 0.1) is 23.0 Å². The van der Waals surface area contributed by atoms with Gasteiger partial charge in [-0.3, -0.25) is 4.79 Å². The maximum absolute atomic E-state index is 11.1. The summed E-state index contributed by atoms with van der Waals surface area (Å²) in [6.07, 6.45) is 3.52. The Balaban J connectivity index is 1.68. The first kappa shape index (κ1) is 14.1. The van der Waals surface area contributed by atoms with Crippen molar-refractivity contribution < 1.29 is 9.90 Å². The molecule has 1 fully saturated rings. The Bertz CT molecular complexity index is 604. The zero-order chi connectivity index (χ0) is 14.8. The van der Waals surface area contributed by atoms with E-state index in [1.807, 2.05) is 24.3 Å². The zero-order valence-corrected chi connectivity index (χ0v) is 12.2. The molecule has 1 aromatic heterocycles. The molecule has 0 bridgehead atoms. The first-order valence-corrected chi connectivity index (χ1v) is 7.57. The molecule has 1 aromatic carbocycles. The number of carboxylic acids is 1. The Hall–Kier alpha value is -1.88. The molecule has 3 unspecified atom stereocenters. The van der Waals surface area contributed by atoms with Gasteiger partial charge in [-0.25, -0.2) is 4.98 Å². The summed E-state index contributed by atoms with van der Waals surface area (Å²) in [6, 6.07) is 8.31. The molecule has 3 atom stereocenters. The number of hydrogen-bond donors (Lipinski definition) is 3. The molecule has 0 amide bonds. The topological polar surface area (TPSA) is 78.0 Å². The van der Waals surface area contributed by atoms with Crippen LogP contribution in [0.2, 0.25) is 0 Å². The van der Waals surface area contributed by atoms with Crippen molar-refractivity contribution in [2.24, 2.45) is 5.92 Å². The van der Waals surface area contributed by atoms with E-state index in [-0.39, 0.29) is 18.0 Å². The van der Waals surface area contributed by atoms with Gasteiger partial charge in [-0.05, 0) is 38.3 Å². The van der Waals surface area contributed by atoms with E-state index in [1.54, 1.807) is 0 Å². The van der Waals surface area contributed by atoms with Crippen LogP contribution in [0, 0.1) is 5.92 Å². The van der Waals surface area contributed by atoms with Gasteiger partial charge < -0.3 is 15.4 Å². The molecule has 5 heteroatoms. The summed E-state index contributed by atoms with van der Waals surface area (Å²) in [7, 11) is 0. The van der Waals surface area contributed by atoms with Crippen molar-refractivity contribution in [2.45, 2.75) is 44.7 Å². The lowest BCUT2D eigenvalue weighted by molar-refractivity contribution is -0.143. The maximum Gasteiger partial charge on any atom is 0.306 e. The first-order chi connectivity index (χ1) is 10.1. The van der Waals surface area contributed by atoms with Gasteiger partial charge in [0.25, 0.3) is 0 Å². The Morgan fingerprint density at radius 2 is 2.24 bits per heavy atom. The van der Waals surface area contributed by atoms with Crippen LogP contribution in [0.3, 0.4) is 0 Å². The van der Waals surface area contributed by atoms with Gasteiger partial charge in [0.2, 0.25) is 0 Å². The summed E-state index contributed by atoms with van der Waals surface area (Å²) < 4.78 is 0. The minimum atomic E-state index is -0.669. The molecule has 3 N–H and O–H groups in total. The zero-order valence-electron chi connectivity index (χ0n) is 12.2. The van der Waals surface area contributed by atoms with Crippen LogP contribution in [0.5, 0.6) is 0 Å². The monoisotopic (exact) mass is 287 g/mol. The van der Waals surface area contributed by atoms with Crippen molar-refractivity contribution >= 4 is 17.0 Å². The third-order valence-electron chi connectivity index (χ3n) is 4.33. The van der Waals surface area contributed by atoms with E-state index in [4.69, 9.17) is 5.11 Å². The summed E-state index contributed by atoms with van der Waals surface area (Å²) in [5.74, 6) is 0.0330. The summed E-state index contributed by atoms with van der Waals surface area (Å²) in [6.45, 7) is 2.07.